The number of nitrogens with zero attached hydrogens (tertiary/aromatic N) is 1. The molecule has 0 aromatic heterocycles. The maximum absolute atomic E-state index is 12.0. The minimum Gasteiger partial charge on any atom is -0.326 e. The van der Waals surface area contributed by atoms with Gasteiger partial charge in [0.15, 0.2) is 5.78 Å². The van der Waals surface area contributed by atoms with Crippen molar-refractivity contribution in [2.24, 2.45) is 0 Å². The van der Waals surface area contributed by atoms with Gasteiger partial charge in [0.25, 0.3) is 5.69 Å². The number of halogens is 1. The fourth-order valence-corrected chi connectivity index (χ4v) is 2.34. The number of rotatable bonds is 6. The first-order valence-corrected chi connectivity index (χ1v) is 8.00. The van der Waals surface area contributed by atoms with E-state index < -0.39 is 4.92 Å². The third kappa shape index (κ3) is 4.73. The lowest BCUT2D eigenvalue weighted by Crippen LogP contribution is -2.14. The summed E-state index contributed by atoms with van der Waals surface area (Å²) < 4.78 is 0.873. The van der Waals surface area contributed by atoms with Crippen molar-refractivity contribution in [3.8, 4) is 0 Å². The molecule has 0 aliphatic heterocycles. The van der Waals surface area contributed by atoms with Gasteiger partial charge in [-0.3, -0.25) is 19.7 Å². The van der Waals surface area contributed by atoms with Crippen LogP contribution >= 0.6 is 15.9 Å². The Bertz CT molecular complexity index is 788. The van der Waals surface area contributed by atoms with Gasteiger partial charge in [0.2, 0.25) is 5.91 Å². The molecule has 0 aliphatic carbocycles. The molecule has 7 heteroatoms. The van der Waals surface area contributed by atoms with E-state index in [9.17, 15) is 19.7 Å². The molecule has 2 rings (SSSR count). The number of ketones is 1. The number of carbonyl (C=O) groups excluding carboxylic acids is 2. The SMILES string of the molecule is Cc1ccc([N+](=O)[O-])cc1NC(=O)CCC(=O)c1ccc(Br)cc1. The van der Waals surface area contributed by atoms with E-state index in [0.29, 0.717) is 16.8 Å². The summed E-state index contributed by atoms with van der Waals surface area (Å²) in [5, 5.41) is 13.4. The van der Waals surface area contributed by atoms with Gasteiger partial charge in [0, 0.05) is 35.0 Å². The van der Waals surface area contributed by atoms with Crippen molar-refractivity contribution in [3.63, 3.8) is 0 Å². The lowest BCUT2D eigenvalue weighted by Gasteiger charge is -2.08. The molecule has 0 bridgehead atoms. The van der Waals surface area contributed by atoms with Crippen LogP contribution in [0.1, 0.15) is 28.8 Å². The maximum atomic E-state index is 12.0. The number of nitro benzene ring substituents is 1. The second-order valence-electron chi connectivity index (χ2n) is 5.23. The molecule has 6 nitrogen and oxygen atoms in total. The highest BCUT2D eigenvalue weighted by Gasteiger charge is 2.13. The summed E-state index contributed by atoms with van der Waals surface area (Å²) in [5.41, 5.74) is 1.54. The summed E-state index contributed by atoms with van der Waals surface area (Å²) in [6.45, 7) is 1.74. The van der Waals surface area contributed by atoms with Gasteiger partial charge in [-0.2, -0.15) is 0 Å². The Morgan fingerprint density at radius 2 is 1.79 bits per heavy atom. The van der Waals surface area contributed by atoms with E-state index in [2.05, 4.69) is 21.2 Å². The number of amides is 1. The molecule has 0 aliphatic rings. The first-order chi connectivity index (χ1) is 11.4. The number of nitrogens with one attached hydrogen (secondary N) is 1. The van der Waals surface area contributed by atoms with Gasteiger partial charge in [0.05, 0.1) is 10.6 Å². The number of benzene rings is 2. The Balaban J connectivity index is 1.96. The molecule has 0 saturated heterocycles. The second kappa shape index (κ2) is 7.83. The van der Waals surface area contributed by atoms with Crippen molar-refractivity contribution in [2.75, 3.05) is 5.32 Å². The van der Waals surface area contributed by atoms with Crippen molar-refractivity contribution < 1.29 is 14.5 Å². The molecule has 2 aromatic carbocycles. The summed E-state index contributed by atoms with van der Waals surface area (Å²) in [7, 11) is 0. The van der Waals surface area contributed by atoms with Crippen molar-refractivity contribution in [3.05, 3.63) is 68.2 Å². The predicted molar refractivity (Wildman–Crippen MR) is 94.2 cm³/mol. The molecule has 0 fully saturated rings. The van der Waals surface area contributed by atoms with E-state index in [4.69, 9.17) is 0 Å². The van der Waals surface area contributed by atoms with Gasteiger partial charge in [-0.25, -0.2) is 0 Å². The fraction of sp³-hybridized carbons (Fsp3) is 0.176. The Labute approximate surface area is 147 Å². The lowest BCUT2D eigenvalue weighted by molar-refractivity contribution is -0.384. The molecule has 0 atom stereocenters. The average molecular weight is 391 g/mol. The molecule has 0 spiro atoms. The largest absolute Gasteiger partial charge is 0.326 e. The molecule has 0 saturated carbocycles. The summed E-state index contributed by atoms with van der Waals surface area (Å²) in [6.07, 6.45) is 0.0818. The molecule has 0 radical (unpaired) electrons. The lowest BCUT2D eigenvalue weighted by atomic mass is 10.1. The normalized spacial score (nSPS) is 10.2. The van der Waals surface area contributed by atoms with Gasteiger partial charge >= 0.3 is 0 Å². The van der Waals surface area contributed by atoms with Crippen LogP contribution in [0.5, 0.6) is 0 Å². The van der Waals surface area contributed by atoms with E-state index >= 15 is 0 Å². The molecule has 0 heterocycles. The molecule has 24 heavy (non-hydrogen) atoms. The minimum absolute atomic E-state index is 0.0109. The number of Topliss-reactive ketones (excluding diaryl/α,β-unsaturated/α-hetero) is 1. The topological polar surface area (TPSA) is 89.3 Å². The number of hydrogen-bond acceptors (Lipinski definition) is 4. The van der Waals surface area contributed by atoms with Crippen LogP contribution < -0.4 is 5.32 Å². The van der Waals surface area contributed by atoms with E-state index in [0.717, 1.165) is 4.47 Å². The molecule has 0 unspecified atom stereocenters. The second-order valence-corrected chi connectivity index (χ2v) is 6.15. The van der Waals surface area contributed by atoms with Gasteiger partial charge in [-0.15, -0.1) is 0 Å². The van der Waals surface area contributed by atoms with Crippen LogP contribution in [-0.4, -0.2) is 16.6 Å². The molecule has 2 aromatic rings. The first-order valence-electron chi connectivity index (χ1n) is 7.20. The van der Waals surface area contributed by atoms with Crippen molar-refractivity contribution >= 4 is 39.0 Å². The summed E-state index contributed by atoms with van der Waals surface area (Å²) >= 11 is 3.29. The number of anilines is 1. The van der Waals surface area contributed by atoms with E-state index in [1.807, 2.05) is 0 Å². The summed E-state index contributed by atoms with van der Waals surface area (Å²) in [5.74, 6) is -0.488. The third-order valence-corrected chi connectivity index (χ3v) is 3.98. The van der Waals surface area contributed by atoms with Gasteiger partial charge < -0.3 is 5.32 Å². The fourth-order valence-electron chi connectivity index (χ4n) is 2.08. The van der Waals surface area contributed by atoms with Crippen LogP contribution in [0.2, 0.25) is 0 Å². The zero-order valence-corrected chi connectivity index (χ0v) is 14.5. The van der Waals surface area contributed by atoms with E-state index in [-0.39, 0.29) is 30.2 Å². The van der Waals surface area contributed by atoms with Crippen LogP contribution in [0.25, 0.3) is 0 Å². The van der Waals surface area contributed by atoms with Gasteiger partial charge in [-0.05, 0) is 24.6 Å². The standard InChI is InChI=1S/C17H15BrN2O4/c1-11-2-7-14(20(23)24)10-15(11)19-17(22)9-8-16(21)12-3-5-13(18)6-4-12/h2-7,10H,8-9H2,1H3,(H,19,22). The van der Waals surface area contributed by atoms with Crippen LogP contribution in [0, 0.1) is 17.0 Å². The number of non-ortho nitro benzene ring substituents is 1. The Hall–Kier alpha value is -2.54. The van der Waals surface area contributed by atoms with Crippen molar-refractivity contribution in [1.82, 2.24) is 0 Å². The highest BCUT2D eigenvalue weighted by atomic mass is 79.9. The smallest absolute Gasteiger partial charge is 0.271 e. The average Bonchev–Trinajstić information content (AvgIpc) is 2.55. The predicted octanol–water partition coefficient (Wildman–Crippen LogP) is 4.27. The number of aryl methyl sites for hydroxylation is 1. The van der Waals surface area contributed by atoms with Crippen molar-refractivity contribution in [1.29, 1.82) is 0 Å². The van der Waals surface area contributed by atoms with Crippen LogP contribution in [0.15, 0.2) is 46.9 Å². The van der Waals surface area contributed by atoms with Crippen LogP contribution in [0.4, 0.5) is 11.4 Å². The summed E-state index contributed by atoms with van der Waals surface area (Å²) in [6, 6.07) is 11.2. The van der Waals surface area contributed by atoms with Crippen LogP contribution in [-0.2, 0) is 4.79 Å². The van der Waals surface area contributed by atoms with E-state index in [1.54, 1.807) is 37.3 Å². The summed E-state index contributed by atoms with van der Waals surface area (Å²) in [4.78, 5) is 34.3. The zero-order chi connectivity index (χ0) is 17.7. The first kappa shape index (κ1) is 17.8. The van der Waals surface area contributed by atoms with Crippen LogP contribution in [0.3, 0.4) is 0 Å². The highest BCUT2D eigenvalue weighted by Crippen LogP contribution is 2.22. The third-order valence-electron chi connectivity index (χ3n) is 3.45. The Kier molecular flexibility index (Phi) is 5.81. The highest BCUT2D eigenvalue weighted by molar-refractivity contribution is 9.10. The van der Waals surface area contributed by atoms with Gasteiger partial charge in [0.1, 0.15) is 0 Å². The maximum Gasteiger partial charge on any atom is 0.271 e. The molecular formula is C17H15BrN2O4. The van der Waals surface area contributed by atoms with E-state index in [1.165, 1.54) is 12.1 Å². The molecule has 124 valence electrons. The monoisotopic (exact) mass is 390 g/mol. The molecule has 1 N–H and O–H groups in total. The minimum atomic E-state index is -0.522. The number of hydrogen-bond donors (Lipinski definition) is 1. The quantitative estimate of drug-likeness (QED) is 0.453. The Morgan fingerprint density at radius 3 is 2.42 bits per heavy atom. The molecular weight excluding hydrogens is 376 g/mol. The number of nitro groups is 1. The Morgan fingerprint density at radius 1 is 1.12 bits per heavy atom. The van der Waals surface area contributed by atoms with Crippen molar-refractivity contribution in [2.45, 2.75) is 19.8 Å². The molecule has 1 amide bonds. The zero-order valence-electron chi connectivity index (χ0n) is 12.9. The van der Waals surface area contributed by atoms with Gasteiger partial charge in [-0.1, -0.05) is 34.1 Å². The number of carbonyl (C=O) groups is 2.